The first-order valence-electron chi connectivity index (χ1n) is 11.0. The molecule has 2 aromatic carbocycles. The fourth-order valence-corrected chi connectivity index (χ4v) is 4.01. The summed E-state index contributed by atoms with van der Waals surface area (Å²) in [5.74, 6) is -0.156. The number of aromatic nitrogens is 4. The first-order valence-corrected chi connectivity index (χ1v) is 11.0. The van der Waals surface area contributed by atoms with E-state index < -0.39 is 22.9 Å². The number of nitrogens with zero attached hydrogens (tertiary/aromatic N) is 2. The largest absolute Gasteiger partial charge is 0.490 e. The van der Waals surface area contributed by atoms with Gasteiger partial charge in [-0.2, -0.15) is 0 Å². The Morgan fingerprint density at radius 3 is 1.43 bits per heavy atom. The van der Waals surface area contributed by atoms with Gasteiger partial charge in [-0.3, -0.25) is 0 Å². The highest BCUT2D eigenvalue weighted by Crippen LogP contribution is 2.28. The Bertz CT molecular complexity index is 1400. The fraction of sp³-hybridized carbons (Fsp3) is 0.304. The molecule has 2 atom stereocenters. The molecule has 0 radical (unpaired) electrons. The van der Waals surface area contributed by atoms with Crippen molar-refractivity contribution >= 4 is 0 Å². The second-order valence-corrected chi connectivity index (χ2v) is 8.27. The van der Waals surface area contributed by atoms with E-state index >= 15 is 0 Å². The van der Waals surface area contributed by atoms with Gasteiger partial charge in [0.05, 0.1) is 13.1 Å². The Morgan fingerprint density at radius 1 is 0.686 bits per heavy atom. The van der Waals surface area contributed by atoms with Crippen LogP contribution in [0.25, 0.3) is 0 Å². The van der Waals surface area contributed by atoms with E-state index in [0.717, 1.165) is 39.9 Å². The van der Waals surface area contributed by atoms with Gasteiger partial charge in [0.15, 0.2) is 0 Å². The molecular formula is C23H22N4O8. The Balaban J connectivity index is 1.12. The summed E-state index contributed by atoms with van der Waals surface area (Å²) < 4.78 is 23.6. The SMILES string of the molecule is O=c1[nH]c(=O)n(Cc2ccc(O[C@@H]3CC[C@H](Oc4ccc(Cn5oc(=O)[nH]c5=O)cc4)C3)cc2)o1. The summed E-state index contributed by atoms with van der Waals surface area (Å²) in [6, 6.07) is 14.5. The average molecular weight is 482 g/mol. The number of nitrogens with one attached hydrogen (secondary N) is 2. The molecule has 35 heavy (non-hydrogen) atoms. The van der Waals surface area contributed by atoms with Crippen LogP contribution in [0.5, 0.6) is 11.5 Å². The molecule has 2 N–H and O–H groups in total. The van der Waals surface area contributed by atoms with E-state index in [-0.39, 0.29) is 25.3 Å². The highest BCUT2D eigenvalue weighted by molar-refractivity contribution is 5.29. The van der Waals surface area contributed by atoms with Gasteiger partial charge in [-0.15, -0.1) is 9.48 Å². The summed E-state index contributed by atoms with van der Waals surface area (Å²) in [4.78, 5) is 49.4. The van der Waals surface area contributed by atoms with E-state index in [0.29, 0.717) is 11.5 Å². The summed E-state index contributed by atoms with van der Waals surface area (Å²) in [7, 11) is 0. The lowest BCUT2D eigenvalue weighted by Crippen LogP contribution is -2.18. The van der Waals surface area contributed by atoms with Crippen molar-refractivity contribution < 1.29 is 18.5 Å². The zero-order valence-corrected chi connectivity index (χ0v) is 18.5. The van der Waals surface area contributed by atoms with Gasteiger partial charge in [-0.05, 0) is 48.2 Å². The van der Waals surface area contributed by atoms with Crippen molar-refractivity contribution in [1.82, 2.24) is 19.4 Å². The molecule has 1 aliphatic carbocycles. The normalized spacial score (nSPS) is 17.5. The molecule has 1 aliphatic rings. The van der Waals surface area contributed by atoms with Crippen LogP contribution in [-0.4, -0.2) is 31.7 Å². The predicted octanol–water partition coefficient (Wildman–Crippen LogP) is 1.05. The minimum atomic E-state index is -0.785. The standard InChI is InChI=1S/C23H22N4O8/c28-20-24-22(30)34-26(20)12-14-1-5-16(6-2-14)32-18-9-10-19(11-18)33-17-7-3-15(4-8-17)13-27-21(29)25-23(31)35-27/h1-8,18-19H,9-13H2,(H,24,28,30)(H,25,29,31)/t18-,19+. The molecule has 12 nitrogen and oxygen atoms in total. The molecule has 0 aliphatic heterocycles. The minimum absolute atomic E-state index is 0.0128. The molecule has 12 heteroatoms. The van der Waals surface area contributed by atoms with Crippen molar-refractivity contribution in [2.24, 2.45) is 0 Å². The summed E-state index contributed by atoms with van der Waals surface area (Å²) in [5, 5.41) is 0. The number of H-pyrrole nitrogens is 2. The van der Waals surface area contributed by atoms with Crippen molar-refractivity contribution in [2.45, 2.75) is 44.6 Å². The zero-order valence-electron chi connectivity index (χ0n) is 18.5. The molecule has 0 saturated heterocycles. The van der Waals surface area contributed by atoms with Crippen LogP contribution in [0.1, 0.15) is 30.4 Å². The molecule has 182 valence electrons. The molecule has 1 fully saturated rings. The van der Waals surface area contributed by atoms with E-state index in [1.807, 2.05) is 58.5 Å². The van der Waals surface area contributed by atoms with E-state index in [1.54, 1.807) is 0 Å². The van der Waals surface area contributed by atoms with Gasteiger partial charge in [-0.1, -0.05) is 24.3 Å². The third kappa shape index (κ3) is 5.37. The Morgan fingerprint density at radius 2 is 1.09 bits per heavy atom. The monoisotopic (exact) mass is 482 g/mol. The van der Waals surface area contributed by atoms with Gasteiger partial charge >= 0.3 is 22.9 Å². The lowest BCUT2D eigenvalue weighted by Gasteiger charge is -2.16. The Labute approximate surface area is 196 Å². The third-order valence-electron chi connectivity index (χ3n) is 5.70. The number of rotatable bonds is 8. The quantitative estimate of drug-likeness (QED) is 0.378. The van der Waals surface area contributed by atoms with E-state index in [4.69, 9.17) is 18.5 Å². The summed E-state index contributed by atoms with van der Waals surface area (Å²) in [6.07, 6.45) is 2.46. The topological polar surface area (TPSA) is 154 Å². The molecule has 2 aromatic heterocycles. The second kappa shape index (κ2) is 9.41. The van der Waals surface area contributed by atoms with Crippen LogP contribution in [0, 0.1) is 0 Å². The molecule has 0 bridgehead atoms. The van der Waals surface area contributed by atoms with Gasteiger partial charge in [0.1, 0.15) is 23.7 Å². The predicted molar refractivity (Wildman–Crippen MR) is 121 cm³/mol. The van der Waals surface area contributed by atoms with Crippen molar-refractivity contribution in [3.8, 4) is 11.5 Å². The highest BCUT2D eigenvalue weighted by atomic mass is 16.5. The van der Waals surface area contributed by atoms with Crippen LogP contribution in [0.4, 0.5) is 0 Å². The van der Waals surface area contributed by atoms with Crippen LogP contribution in [0.15, 0.2) is 76.8 Å². The second-order valence-electron chi connectivity index (χ2n) is 8.27. The van der Waals surface area contributed by atoms with Crippen LogP contribution in [-0.2, 0) is 13.1 Å². The summed E-state index contributed by atoms with van der Waals surface area (Å²) in [5.41, 5.74) is 0.404. The van der Waals surface area contributed by atoms with Crippen LogP contribution >= 0.6 is 0 Å². The van der Waals surface area contributed by atoms with Crippen LogP contribution < -0.4 is 32.4 Å². The summed E-state index contributed by atoms with van der Waals surface area (Å²) in [6.45, 7) is 0.290. The number of hydrogen-bond acceptors (Lipinski definition) is 8. The van der Waals surface area contributed by atoms with E-state index in [2.05, 4.69) is 0 Å². The Kier molecular flexibility index (Phi) is 6.00. The molecule has 0 unspecified atom stereocenters. The number of hydrogen-bond donors (Lipinski definition) is 2. The Hall–Kier alpha value is -4.48. The van der Waals surface area contributed by atoms with Gasteiger partial charge < -0.3 is 18.5 Å². The first kappa shape index (κ1) is 22.3. The van der Waals surface area contributed by atoms with Crippen molar-refractivity contribution in [3.63, 3.8) is 0 Å². The lowest BCUT2D eigenvalue weighted by atomic mass is 10.2. The molecule has 4 aromatic rings. The molecule has 1 saturated carbocycles. The molecular weight excluding hydrogens is 460 g/mol. The molecule has 5 rings (SSSR count). The zero-order chi connectivity index (χ0) is 24.4. The number of aromatic amines is 2. The van der Waals surface area contributed by atoms with E-state index in [1.165, 1.54) is 0 Å². The lowest BCUT2D eigenvalue weighted by molar-refractivity contribution is 0.166. The third-order valence-corrected chi connectivity index (χ3v) is 5.70. The van der Waals surface area contributed by atoms with Gasteiger partial charge in [-0.25, -0.2) is 29.1 Å². The average Bonchev–Trinajstić information content (AvgIpc) is 3.49. The molecule has 0 spiro atoms. The minimum Gasteiger partial charge on any atom is -0.490 e. The summed E-state index contributed by atoms with van der Waals surface area (Å²) >= 11 is 0. The molecule has 0 amide bonds. The van der Waals surface area contributed by atoms with Crippen molar-refractivity contribution in [1.29, 1.82) is 0 Å². The maximum atomic E-state index is 11.6. The highest BCUT2D eigenvalue weighted by Gasteiger charge is 2.27. The van der Waals surface area contributed by atoms with Crippen LogP contribution in [0.3, 0.4) is 0 Å². The molecule has 2 heterocycles. The van der Waals surface area contributed by atoms with Crippen LogP contribution in [0.2, 0.25) is 0 Å². The number of ether oxygens (including phenoxy) is 2. The van der Waals surface area contributed by atoms with Gasteiger partial charge in [0.2, 0.25) is 0 Å². The fourth-order valence-electron chi connectivity index (χ4n) is 4.01. The smallest absolute Gasteiger partial charge is 0.440 e. The van der Waals surface area contributed by atoms with E-state index in [9.17, 15) is 19.2 Å². The first-order chi connectivity index (χ1) is 16.9. The van der Waals surface area contributed by atoms with Crippen molar-refractivity contribution in [2.75, 3.05) is 0 Å². The maximum Gasteiger partial charge on any atom is 0.440 e. The maximum absolute atomic E-state index is 11.6. The van der Waals surface area contributed by atoms with Crippen molar-refractivity contribution in [3.05, 3.63) is 102 Å². The van der Waals surface area contributed by atoms with Gasteiger partial charge in [0, 0.05) is 6.42 Å². The number of benzene rings is 2. The van der Waals surface area contributed by atoms with Gasteiger partial charge in [0.25, 0.3) is 0 Å².